The molecule has 52 valence electrons. The molecule has 0 saturated carbocycles. The van der Waals surface area contributed by atoms with Gasteiger partial charge in [0.25, 0.3) is 0 Å². The van der Waals surface area contributed by atoms with Gasteiger partial charge in [0, 0.05) is 0 Å². The molecule has 0 rings (SSSR count). The van der Waals surface area contributed by atoms with Gasteiger partial charge in [0.15, 0.2) is 0 Å². The molecule has 0 aliphatic rings. The third kappa shape index (κ3) is 7.28. The van der Waals surface area contributed by atoms with Gasteiger partial charge in [0.05, 0.1) is 0 Å². The summed E-state index contributed by atoms with van der Waals surface area (Å²) in [7, 11) is 0. The van der Waals surface area contributed by atoms with Crippen molar-refractivity contribution in [1.29, 1.82) is 0 Å². The zero-order chi connectivity index (χ0) is 7.11. The zero-order valence-corrected chi connectivity index (χ0v) is 6.44. The highest BCUT2D eigenvalue weighted by Gasteiger charge is 1.69. The molecule has 0 atom stereocenters. The second kappa shape index (κ2) is 5.42. The lowest BCUT2D eigenvalue weighted by molar-refractivity contribution is 1.11. The van der Waals surface area contributed by atoms with E-state index in [-0.39, 0.29) is 0 Å². The molecular weight excluding hydrogens is 110 g/mol. The van der Waals surface area contributed by atoms with Crippen LogP contribution in [0.15, 0.2) is 24.0 Å². The van der Waals surface area contributed by atoms with Gasteiger partial charge in [-0.3, -0.25) is 0 Å². The maximum Gasteiger partial charge on any atom is -0.000932 e. The maximum atomic E-state index is 3.04. The number of hydrogen-bond acceptors (Lipinski definition) is 1. The summed E-state index contributed by atoms with van der Waals surface area (Å²) in [6.07, 6.45) is 7.10. The van der Waals surface area contributed by atoms with E-state index < -0.39 is 0 Å². The van der Waals surface area contributed by atoms with Gasteiger partial charge in [-0.15, -0.1) is 0 Å². The predicted molar refractivity (Wildman–Crippen MR) is 42.0 cm³/mol. The fraction of sp³-hybridized carbons (Fsp3) is 0.500. The SMILES string of the molecule is CC/C=C/NC=C(C)C. The Morgan fingerprint density at radius 2 is 2.11 bits per heavy atom. The van der Waals surface area contributed by atoms with Gasteiger partial charge in [-0.2, -0.15) is 0 Å². The normalized spacial score (nSPS) is 9.67. The standard InChI is InChI=1S/C8H15N/c1-4-5-6-9-7-8(2)3/h5-7,9H,4H2,1-3H3/b6-5+. The van der Waals surface area contributed by atoms with Crippen molar-refractivity contribution in [2.75, 3.05) is 0 Å². The van der Waals surface area contributed by atoms with Gasteiger partial charge in [-0.25, -0.2) is 0 Å². The topological polar surface area (TPSA) is 12.0 Å². The predicted octanol–water partition coefficient (Wildman–Crippen LogP) is 2.42. The highest BCUT2D eigenvalue weighted by molar-refractivity contribution is 4.95. The number of nitrogens with one attached hydrogen (secondary N) is 1. The minimum absolute atomic E-state index is 1.09. The first kappa shape index (κ1) is 8.28. The number of rotatable bonds is 3. The molecule has 0 saturated heterocycles. The smallest absolute Gasteiger partial charge is 0.000932 e. The molecule has 0 aromatic rings. The zero-order valence-electron chi connectivity index (χ0n) is 6.44. The summed E-state index contributed by atoms with van der Waals surface area (Å²) in [6, 6.07) is 0. The number of hydrogen-bond donors (Lipinski definition) is 1. The van der Waals surface area contributed by atoms with Crippen LogP contribution in [0.2, 0.25) is 0 Å². The Kier molecular flexibility index (Phi) is 4.98. The molecule has 1 nitrogen and oxygen atoms in total. The van der Waals surface area contributed by atoms with Gasteiger partial charge in [-0.1, -0.05) is 18.6 Å². The molecule has 0 aliphatic carbocycles. The third-order valence-corrected chi connectivity index (χ3v) is 0.822. The maximum absolute atomic E-state index is 3.04. The summed E-state index contributed by atoms with van der Waals surface area (Å²) in [5, 5.41) is 3.04. The number of allylic oxidation sites excluding steroid dienone is 2. The molecule has 0 aromatic carbocycles. The van der Waals surface area contributed by atoms with Crippen LogP contribution in [-0.2, 0) is 0 Å². The average molecular weight is 125 g/mol. The van der Waals surface area contributed by atoms with E-state index in [0.29, 0.717) is 0 Å². The van der Waals surface area contributed by atoms with Crippen LogP contribution in [0.3, 0.4) is 0 Å². The van der Waals surface area contributed by atoms with Crippen molar-refractivity contribution in [3.8, 4) is 0 Å². The van der Waals surface area contributed by atoms with E-state index >= 15 is 0 Å². The Bertz CT molecular complexity index is 108. The molecule has 0 spiro atoms. The second-order valence-electron chi connectivity index (χ2n) is 2.20. The largest absolute Gasteiger partial charge is 0.368 e. The van der Waals surface area contributed by atoms with Gasteiger partial charge >= 0.3 is 0 Å². The first-order valence-electron chi connectivity index (χ1n) is 3.31. The molecule has 0 aliphatic heterocycles. The first-order chi connectivity index (χ1) is 4.27. The molecule has 0 fully saturated rings. The Morgan fingerprint density at radius 3 is 2.56 bits per heavy atom. The summed E-state index contributed by atoms with van der Waals surface area (Å²) >= 11 is 0. The molecule has 0 aromatic heterocycles. The molecular formula is C8H15N. The molecule has 9 heavy (non-hydrogen) atoms. The summed E-state index contributed by atoms with van der Waals surface area (Å²) in [5.74, 6) is 0. The van der Waals surface area contributed by atoms with Gasteiger partial charge < -0.3 is 5.32 Å². The second-order valence-corrected chi connectivity index (χ2v) is 2.20. The van der Waals surface area contributed by atoms with Crippen LogP contribution in [0.25, 0.3) is 0 Å². The molecule has 0 bridgehead atoms. The summed E-state index contributed by atoms with van der Waals surface area (Å²) in [6.45, 7) is 6.24. The van der Waals surface area contributed by atoms with E-state index in [1.54, 1.807) is 0 Å². The van der Waals surface area contributed by atoms with E-state index in [1.807, 2.05) is 12.4 Å². The molecule has 1 N–H and O–H groups in total. The van der Waals surface area contributed by atoms with Crippen LogP contribution in [0, 0.1) is 0 Å². The Morgan fingerprint density at radius 1 is 1.44 bits per heavy atom. The average Bonchev–Trinajstić information content (AvgIpc) is 1.80. The van der Waals surface area contributed by atoms with E-state index in [9.17, 15) is 0 Å². The Hall–Kier alpha value is -0.720. The van der Waals surface area contributed by atoms with Gasteiger partial charge in [0.2, 0.25) is 0 Å². The minimum atomic E-state index is 1.09. The van der Waals surface area contributed by atoms with Crippen molar-refractivity contribution in [2.45, 2.75) is 27.2 Å². The molecule has 1 heteroatoms. The Labute approximate surface area is 57.5 Å². The summed E-state index contributed by atoms with van der Waals surface area (Å²) in [4.78, 5) is 0. The third-order valence-electron chi connectivity index (χ3n) is 0.822. The van der Waals surface area contributed by atoms with Crippen LogP contribution in [0.1, 0.15) is 27.2 Å². The van der Waals surface area contributed by atoms with Crippen LogP contribution in [-0.4, -0.2) is 0 Å². The van der Waals surface area contributed by atoms with Crippen LogP contribution in [0.5, 0.6) is 0 Å². The van der Waals surface area contributed by atoms with Crippen molar-refractivity contribution in [1.82, 2.24) is 5.32 Å². The first-order valence-corrected chi connectivity index (χ1v) is 3.31. The van der Waals surface area contributed by atoms with Crippen LogP contribution >= 0.6 is 0 Å². The van der Waals surface area contributed by atoms with Crippen molar-refractivity contribution in [2.24, 2.45) is 0 Å². The van der Waals surface area contributed by atoms with E-state index in [4.69, 9.17) is 0 Å². The Balaban J connectivity index is 3.29. The van der Waals surface area contributed by atoms with Gasteiger partial charge in [-0.05, 0) is 32.7 Å². The fourth-order valence-corrected chi connectivity index (χ4v) is 0.401. The fourth-order valence-electron chi connectivity index (χ4n) is 0.401. The summed E-state index contributed by atoms with van der Waals surface area (Å²) < 4.78 is 0. The summed E-state index contributed by atoms with van der Waals surface area (Å²) in [5.41, 5.74) is 1.29. The van der Waals surface area contributed by atoms with Crippen molar-refractivity contribution in [3.63, 3.8) is 0 Å². The van der Waals surface area contributed by atoms with Crippen LogP contribution in [0.4, 0.5) is 0 Å². The lowest BCUT2D eigenvalue weighted by Gasteiger charge is -1.89. The molecule has 0 unspecified atom stereocenters. The van der Waals surface area contributed by atoms with Crippen molar-refractivity contribution >= 4 is 0 Å². The van der Waals surface area contributed by atoms with E-state index in [0.717, 1.165) is 6.42 Å². The monoisotopic (exact) mass is 125 g/mol. The van der Waals surface area contributed by atoms with E-state index in [2.05, 4.69) is 32.2 Å². The van der Waals surface area contributed by atoms with Crippen LogP contribution < -0.4 is 5.32 Å². The molecule has 0 heterocycles. The molecule has 0 radical (unpaired) electrons. The molecule has 0 amide bonds. The van der Waals surface area contributed by atoms with E-state index in [1.165, 1.54) is 5.57 Å². The quantitative estimate of drug-likeness (QED) is 0.610. The van der Waals surface area contributed by atoms with Crippen molar-refractivity contribution < 1.29 is 0 Å². The lowest BCUT2D eigenvalue weighted by Crippen LogP contribution is -1.91. The van der Waals surface area contributed by atoms with Gasteiger partial charge in [0.1, 0.15) is 0 Å². The highest BCUT2D eigenvalue weighted by atomic mass is 14.8. The highest BCUT2D eigenvalue weighted by Crippen LogP contribution is 1.83. The lowest BCUT2D eigenvalue weighted by atomic mass is 10.4. The minimum Gasteiger partial charge on any atom is -0.368 e. The van der Waals surface area contributed by atoms with Crippen molar-refractivity contribution in [3.05, 3.63) is 24.0 Å².